The minimum atomic E-state index is 0.0716. The third-order valence-electron chi connectivity index (χ3n) is 5.26. The molecule has 0 spiro atoms. The number of benzene rings is 1. The molecule has 0 N–H and O–H groups in total. The van der Waals surface area contributed by atoms with Gasteiger partial charge in [-0.15, -0.1) is 0 Å². The van der Waals surface area contributed by atoms with Crippen molar-refractivity contribution < 1.29 is 9.53 Å². The molecule has 2 aliphatic rings. The molecule has 0 unspecified atom stereocenters. The fourth-order valence-electron chi connectivity index (χ4n) is 3.90. The van der Waals surface area contributed by atoms with Crippen LogP contribution < -0.4 is 0 Å². The van der Waals surface area contributed by atoms with Crippen molar-refractivity contribution in [3.05, 3.63) is 48.3 Å². The molecule has 6 nitrogen and oxygen atoms in total. The summed E-state index contributed by atoms with van der Waals surface area (Å²) in [7, 11) is 0. The van der Waals surface area contributed by atoms with Crippen LogP contribution in [0.5, 0.6) is 0 Å². The molecule has 2 saturated heterocycles. The summed E-state index contributed by atoms with van der Waals surface area (Å²) in [6, 6.07) is 9.68. The van der Waals surface area contributed by atoms with Gasteiger partial charge in [0, 0.05) is 32.0 Å². The lowest BCUT2D eigenvalue weighted by molar-refractivity contribution is -0.0896. The highest BCUT2D eigenvalue weighted by atomic mass is 16.5. The summed E-state index contributed by atoms with van der Waals surface area (Å²) >= 11 is 0. The van der Waals surface area contributed by atoms with Crippen LogP contribution in [0.2, 0.25) is 0 Å². The first-order valence-electron chi connectivity index (χ1n) is 9.02. The number of carbonyl (C=O) groups excluding carboxylic acids is 1. The number of ether oxygens (including phenoxy) is 1. The Hall–Kier alpha value is -2.18. The lowest BCUT2D eigenvalue weighted by Crippen LogP contribution is -2.61. The first-order valence-corrected chi connectivity index (χ1v) is 9.02. The quantitative estimate of drug-likeness (QED) is 0.855. The third-order valence-corrected chi connectivity index (χ3v) is 5.26. The van der Waals surface area contributed by atoms with E-state index in [4.69, 9.17) is 4.74 Å². The average molecular weight is 340 g/mol. The Morgan fingerprint density at radius 3 is 2.96 bits per heavy atom. The van der Waals surface area contributed by atoms with Crippen LogP contribution in [0, 0.1) is 0 Å². The van der Waals surface area contributed by atoms with Gasteiger partial charge in [-0.25, -0.2) is 4.68 Å². The van der Waals surface area contributed by atoms with Crippen molar-refractivity contribution >= 4 is 5.91 Å². The van der Waals surface area contributed by atoms with E-state index in [-0.39, 0.29) is 18.1 Å². The molecule has 1 aromatic carbocycles. The summed E-state index contributed by atoms with van der Waals surface area (Å²) in [5.74, 6) is 0.0716. The molecular weight excluding hydrogens is 316 g/mol. The number of hydrogen-bond donors (Lipinski definition) is 0. The number of para-hydroxylation sites is 1. The lowest BCUT2D eigenvalue weighted by atomic mass is 9.97. The van der Waals surface area contributed by atoms with E-state index in [0.717, 1.165) is 31.7 Å². The molecule has 0 aliphatic carbocycles. The number of morpholine rings is 1. The van der Waals surface area contributed by atoms with Gasteiger partial charge in [0.05, 0.1) is 30.0 Å². The van der Waals surface area contributed by atoms with Gasteiger partial charge in [0.25, 0.3) is 5.91 Å². The second-order valence-corrected chi connectivity index (χ2v) is 6.62. The Morgan fingerprint density at radius 2 is 2.16 bits per heavy atom. The van der Waals surface area contributed by atoms with Crippen LogP contribution in [0.3, 0.4) is 0 Å². The molecule has 4 rings (SSSR count). The minimum absolute atomic E-state index is 0.0716. The zero-order valence-corrected chi connectivity index (χ0v) is 14.5. The largest absolute Gasteiger partial charge is 0.374 e. The molecule has 25 heavy (non-hydrogen) atoms. The van der Waals surface area contributed by atoms with Gasteiger partial charge in [0.1, 0.15) is 0 Å². The summed E-state index contributed by atoms with van der Waals surface area (Å²) in [5, 5.41) is 4.29. The van der Waals surface area contributed by atoms with Gasteiger partial charge in [0.2, 0.25) is 0 Å². The van der Waals surface area contributed by atoms with Crippen LogP contribution in [0.25, 0.3) is 5.69 Å². The number of amides is 1. The predicted molar refractivity (Wildman–Crippen MR) is 94.9 cm³/mol. The average Bonchev–Trinajstić information content (AvgIpc) is 3.21. The van der Waals surface area contributed by atoms with Crippen LogP contribution in [0.15, 0.2) is 42.7 Å². The van der Waals surface area contributed by atoms with E-state index >= 15 is 0 Å². The first kappa shape index (κ1) is 16.3. The molecule has 2 atom stereocenters. The molecule has 1 amide bonds. The van der Waals surface area contributed by atoms with Gasteiger partial charge in [-0.1, -0.05) is 19.1 Å². The van der Waals surface area contributed by atoms with Gasteiger partial charge < -0.3 is 14.5 Å². The predicted octanol–water partition coefficient (Wildman–Crippen LogP) is 1.81. The topological polar surface area (TPSA) is 50.6 Å². The number of nitrogens with zero attached hydrogens (tertiary/aromatic N) is 4. The summed E-state index contributed by atoms with van der Waals surface area (Å²) in [5.41, 5.74) is 1.52. The molecule has 0 radical (unpaired) electrons. The normalized spacial score (nSPS) is 24.1. The number of piperidine rings is 1. The summed E-state index contributed by atoms with van der Waals surface area (Å²) < 4.78 is 7.71. The van der Waals surface area contributed by atoms with Crippen molar-refractivity contribution in [3.8, 4) is 5.69 Å². The summed E-state index contributed by atoms with van der Waals surface area (Å²) in [4.78, 5) is 17.8. The second-order valence-electron chi connectivity index (χ2n) is 6.62. The van der Waals surface area contributed by atoms with Crippen LogP contribution >= 0.6 is 0 Å². The van der Waals surface area contributed by atoms with E-state index in [2.05, 4.69) is 16.9 Å². The molecule has 3 heterocycles. The Kier molecular flexibility index (Phi) is 4.55. The molecule has 132 valence electrons. The number of likely N-dealkylation sites (N-methyl/N-ethyl adjacent to an activating group) is 1. The zero-order valence-electron chi connectivity index (χ0n) is 14.5. The molecule has 2 fully saturated rings. The number of carbonyl (C=O) groups is 1. The molecule has 1 aromatic heterocycles. The maximum Gasteiger partial charge on any atom is 0.256 e. The van der Waals surface area contributed by atoms with Crippen LogP contribution in [0.4, 0.5) is 0 Å². The first-order chi connectivity index (χ1) is 12.3. The van der Waals surface area contributed by atoms with Gasteiger partial charge in [-0.3, -0.25) is 4.79 Å². The Labute approximate surface area is 148 Å². The molecular formula is C19H24N4O2. The maximum absolute atomic E-state index is 13.4. The number of aromatic nitrogens is 2. The Morgan fingerprint density at radius 1 is 1.28 bits per heavy atom. The molecule has 2 aromatic rings. The van der Waals surface area contributed by atoms with E-state index in [1.165, 1.54) is 0 Å². The highest BCUT2D eigenvalue weighted by Gasteiger charge is 2.39. The number of fused-ring (bicyclic) bond motifs is 1. The van der Waals surface area contributed by atoms with Crippen LogP contribution in [-0.2, 0) is 4.74 Å². The fraction of sp³-hybridized carbons (Fsp3) is 0.474. The molecule has 2 aliphatic heterocycles. The minimum Gasteiger partial charge on any atom is -0.374 e. The fourth-order valence-corrected chi connectivity index (χ4v) is 3.90. The third kappa shape index (κ3) is 3.07. The van der Waals surface area contributed by atoms with Crippen molar-refractivity contribution in [2.45, 2.75) is 25.5 Å². The van der Waals surface area contributed by atoms with Gasteiger partial charge in [-0.2, -0.15) is 5.10 Å². The van der Waals surface area contributed by atoms with E-state index in [9.17, 15) is 4.79 Å². The van der Waals surface area contributed by atoms with Gasteiger partial charge >= 0.3 is 0 Å². The zero-order chi connectivity index (χ0) is 17.2. The van der Waals surface area contributed by atoms with Crippen molar-refractivity contribution in [2.24, 2.45) is 0 Å². The van der Waals surface area contributed by atoms with Crippen molar-refractivity contribution in [2.75, 3.05) is 32.8 Å². The number of likely N-dealkylation sites (tertiary alicyclic amines) is 1. The van der Waals surface area contributed by atoms with Crippen molar-refractivity contribution in [1.82, 2.24) is 19.6 Å². The Balaban J connectivity index is 1.64. The smallest absolute Gasteiger partial charge is 0.256 e. The summed E-state index contributed by atoms with van der Waals surface area (Å²) in [6.45, 7) is 6.37. The molecule has 0 saturated carbocycles. The summed E-state index contributed by atoms with van der Waals surface area (Å²) in [6.07, 6.45) is 4.74. The highest BCUT2D eigenvalue weighted by molar-refractivity contribution is 5.98. The van der Waals surface area contributed by atoms with E-state index in [1.54, 1.807) is 10.9 Å². The highest BCUT2D eigenvalue weighted by Crippen LogP contribution is 2.26. The monoisotopic (exact) mass is 340 g/mol. The van der Waals surface area contributed by atoms with Gasteiger partial charge in [-0.05, 0) is 31.2 Å². The standard InChI is InChI=1S/C19H24N4O2/c1-2-21-11-8-18-17(14-21)22(12-13-25-18)19(24)15-6-3-4-7-16(15)23-10-5-9-20-23/h3-7,9-10,17-18H,2,8,11-14H2,1H3/t17-,18+/m0/s1. The number of hydrogen-bond acceptors (Lipinski definition) is 4. The number of rotatable bonds is 3. The van der Waals surface area contributed by atoms with Crippen LogP contribution in [-0.4, -0.2) is 70.4 Å². The lowest BCUT2D eigenvalue weighted by Gasteiger charge is -2.47. The van der Waals surface area contributed by atoms with Crippen LogP contribution in [0.1, 0.15) is 23.7 Å². The van der Waals surface area contributed by atoms with Gasteiger partial charge in [0.15, 0.2) is 0 Å². The Bertz CT molecular complexity index is 731. The van der Waals surface area contributed by atoms with Crippen molar-refractivity contribution in [1.29, 1.82) is 0 Å². The molecule has 0 bridgehead atoms. The van der Waals surface area contributed by atoms with Crippen molar-refractivity contribution in [3.63, 3.8) is 0 Å². The SMILES string of the molecule is CCN1CC[C@H]2OCCN(C(=O)c3ccccc3-n3cccn3)[C@H]2C1. The molecule has 6 heteroatoms. The second kappa shape index (κ2) is 6.98. The maximum atomic E-state index is 13.4. The van der Waals surface area contributed by atoms with E-state index in [0.29, 0.717) is 18.7 Å². The van der Waals surface area contributed by atoms with E-state index < -0.39 is 0 Å². The van der Waals surface area contributed by atoms with E-state index in [1.807, 2.05) is 41.4 Å².